The minimum atomic E-state index is -0.685. The zero-order chi connectivity index (χ0) is 44.8. The molecule has 0 saturated carbocycles. The van der Waals surface area contributed by atoms with Crippen molar-refractivity contribution >= 4 is 63.4 Å². The van der Waals surface area contributed by atoms with Crippen LogP contribution in [-0.2, 0) is 26.2 Å². The second-order valence-electron chi connectivity index (χ2n) is 14.6. The quantitative estimate of drug-likeness (QED) is 0.0212. The van der Waals surface area contributed by atoms with Gasteiger partial charge in [-0.05, 0) is 70.5 Å². The third-order valence-electron chi connectivity index (χ3n) is 10.1. The summed E-state index contributed by atoms with van der Waals surface area (Å²) in [5.74, 6) is -0.893. The molecule has 63 heavy (non-hydrogen) atoms. The number of nitrogens with one attached hydrogen (secondary N) is 6. The Morgan fingerprint density at radius 2 is 1.27 bits per heavy atom. The smallest absolute Gasteiger partial charge is 0.276 e. The van der Waals surface area contributed by atoms with Crippen LogP contribution in [0.4, 0.5) is 11.9 Å². The molecule has 0 saturated heterocycles. The zero-order valence-corrected chi connectivity index (χ0v) is 35.2. The lowest BCUT2D eigenvalue weighted by atomic mass is 10.1. The molecule has 0 spiro atoms. The predicted molar refractivity (Wildman–Crippen MR) is 231 cm³/mol. The van der Waals surface area contributed by atoms with Gasteiger partial charge in [-0.1, -0.05) is 17.4 Å². The summed E-state index contributed by atoms with van der Waals surface area (Å²) in [6.07, 6.45) is 4.75. The summed E-state index contributed by atoms with van der Waals surface area (Å²) in [5.41, 5.74) is 19.1. The van der Waals surface area contributed by atoms with Crippen LogP contribution < -0.4 is 36.6 Å². The van der Waals surface area contributed by atoms with E-state index in [1.807, 2.05) is 26.0 Å². The number of hydrogen-bond donors (Lipinski definition) is 7. The first-order valence-electron chi connectivity index (χ1n) is 20.4. The Bertz CT molecular complexity index is 2790. The lowest BCUT2D eigenvalue weighted by molar-refractivity contribution is 0.0950. The molecular formula is C41H48N16O6. The van der Waals surface area contributed by atoms with Crippen LogP contribution in [0.1, 0.15) is 86.2 Å². The number of carbonyl (C=O) groups is 4. The van der Waals surface area contributed by atoms with Crippen molar-refractivity contribution in [3.63, 3.8) is 0 Å². The highest BCUT2D eigenvalue weighted by molar-refractivity contribution is 6.05. The Hall–Kier alpha value is -7.91. The first-order chi connectivity index (χ1) is 30.4. The number of nitrogens with two attached hydrogens (primary N) is 1. The SMILES string of the molecule is CCn1nc(C)cc1C(=O)Nc1nc2cc(C(N)=O)cc3c2n1C/C=C/Cn1c(NC(=O)c2cc(C)nn2CC)nc2cc(C(=O)NCCCC(=N)NN=N)cc(c21)OCCCO3. The fourth-order valence-electron chi connectivity index (χ4n) is 7.25. The predicted octanol–water partition coefficient (Wildman–Crippen LogP) is 4.48. The highest BCUT2D eigenvalue weighted by Crippen LogP contribution is 2.34. The Balaban J connectivity index is 1.28. The van der Waals surface area contributed by atoms with E-state index in [9.17, 15) is 19.2 Å². The highest BCUT2D eigenvalue weighted by Gasteiger charge is 2.24. The van der Waals surface area contributed by atoms with Gasteiger partial charge in [0.05, 0.1) is 35.6 Å². The van der Waals surface area contributed by atoms with Crippen molar-refractivity contribution in [3.05, 3.63) is 82.5 Å². The van der Waals surface area contributed by atoms with Gasteiger partial charge >= 0.3 is 0 Å². The molecule has 2 aromatic carbocycles. The number of rotatable bonds is 13. The van der Waals surface area contributed by atoms with Gasteiger partial charge in [-0.25, -0.2) is 15.4 Å². The highest BCUT2D eigenvalue weighted by atomic mass is 16.5. The summed E-state index contributed by atoms with van der Waals surface area (Å²) in [4.78, 5) is 63.1. The Kier molecular flexibility index (Phi) is 12.9. The molecule has 4 aromatic heterocycles. The summed E-state index contributed by atoms with van der Waals surface area (Å²) in [7, 11) is 0. The van der Waals surface area contributed by atoms with E-state index in [1.54, 1.807) is 68.7 Å². The number of imidazole rings is 2. The van der Waals surface area contributed by atoms with Crippen LogP contribution in [-0.4, -0.2) is 87.9 Å². The number of anilines is 2. The number of aryl methyl sites for hydroxylation is 4. The Morgan fingerprint density at radius 1 is 0.762 bits per heavy atom. The third kappa shape index (κ3) is 9.38. The molecule has 0 atom stereocenters. The maximum Gasteiger partial charge on any atom is 0.276 e. The summed E-state index contributed by atoms with van der Waals surface area (Å²) in [5, 5.41) is 28.4. The van der Waals surface area contributed by atoms with E-state index in [-0.39, 0.29) is 68.1 Å². The van der Waals surface area contributed by atoms with Gasteiger partial charge in [-0.3, -0.25) is 44.6 Å². The van der Waals surface area contributed by atoms with Crippen LogP contribution in [0.25, 0.3) is 22.1 Å². The second-order valence-corrected chi connectivity index (χ2v) is 14.6. The van der Waals surface area contributed by atoms with E-state index in [1.165, 1.54) is 0 Å². The van der Waals surface area contributed by atoms with E-state index in [0.29, 0.717) is 82.3 Å². The van der Waals surface area contributed by atoms with E-state index < -0.39 is 23.6 Å². The van der Waals surface area contributed by atoms with Crippen LogP contribution >= 0.6 is 0 Å². The number of ether oxygens (including phenoxy) is 2. The van der Waals surface area contributed by atoms with Crippen LogP contribution in [0.2, 0.25) is 0 Å². The van der Waals surface area contributed by atoms with Crippen molar-refractivity contribution in [1.29, 1.82) is 10.9 Å². The van der Waals surface area contributed by atoms with Crippen molar-refractivity contribution < 1.29 is 28.7 Å². The normalized spacial score (nSPS) is 13.3. The minimum Gasteiger partial charge on any atom is -0.491 e. The number of allylic oxidation sites excluding steroid dienone is 2. The molecule has 0 unspecified atom stereocenters. The number of hydrogen-bond acceptors (Lipinski definition) is 13. The molecule has 1 aliphatic heterocycles. The molecule has 0 bridgehead atoms. The van der Waals surface area contributed by atoms with E-state index in [4.69, 9.17) is 36.1 Å². The average molecular weight is 861 g/mol. The summed E-state index contributed by atoms with van der Waals surface area (Å²) < 4.78 is 19.4. The van der Waals surface area contributed by atoms with Crippen LogP contribution in [0.5, 0.6) is 11.5 Å². The van der Waals surface area contributed by atoms with Crippen molar-refractivity contribution in [2.75, 3.05) is 30.4 Å². The summed E-state index contributed by atoms with van der Waals surface area (Å²) >= 11 is 0. The monoisotopic (exact) mass is 860 g/mol. The van der Waals surface area contributed by atoms with Crippen molar-refractivity contribution in [3.8, 4) is 11.5 Å². The molecule has 7 rings (SSSR count). The number of primary amides is 1. The number of amidine groups is 1. The summed E-state index contributed by atoms with van der Waals surface area (Å²) in [6.45, 7) is 9.15. The number of aromatic nitrogens is 8. The number of benzene rings is 2. The first-order valence-corrected chi connectivity index (χ1v) is 20.4. The maximum absolute atomic E-state index is 13.8. The van der Waals surface area contributed by atoms with Crippen LogP contribution in [0.3, 0.4) is 0 Å². The van der Waals surface area contributed by atoms with E-state index in [2.05, 4.69) is 36.8 Å². The molecule has 6 aromatic rings. The lowest BCUT2D eigenvalue weighted by Crippen LogP contribution is -2.26. The number of nitrogens with zero attached hydrogens (tertiary/aromatic N) is 9. The molecule has 0 fully saturated rings. The molecule has 5 heterocycles. The fraction of sp³-hybridized carbons (Fsp3) is 0.341. The topological polar surface area (TPSA) is 292 Å². The maximum atomic E-state index is 13.8. The van der Waals surface area contributed by atoms with Crippen LogP contribution in [0.15, 0.2) is 53.8 Å². The standard InChI is InChI=1S/C41H48N16O6/c1-5-56-29(17-23(3)51-56)38(60)48-40-46-27-19-25(36(43)58)21-31-34(27)54(40)13-7-8-14-55-35-28(47-41(55)49-39(61)30-18-24(4)52-57(30)6-2)20-26(22-32(35)63-16-10-15-62-31)37(59)45-12-9-11-33(42)50-53-44/h7-8,17-22H,5-6,9-16H2,1-4H3,(H2,43,58)(H,45,59)(H3,42,44,50)(H,46,48,60)(H,47,49,61)/b8-7+. The zero-order valence-electron chi connectivity index (χ0n) is 35.2. The van der Waals surface area contributed by atoms with Crippen molar-refractivity contribution in [2.45, 2.75) is 73.1 Å². The molecule has 22 nitrogen and oxygen atoms in total. The number of carbonyl (C=O) groups excluding carboxylic acids is 4. The van der Waals surface area contributed by atoms with Gasteiger partial charge in [0.1, 0.15) is 39.8 Å². The van der Waals surface area contributed by atoms with Gasteiger partial charge in [-0.15, -0.1) is 0 Å². The third-order valence-corrected chi connectivity index (χ3v) is 10.1. The van der Waals surface area contributed by atoms with Gasteiger partial charge in [0, 0.05) is 56.7 Å². The van der Waals surface area contributed by atoms with E-state index >= 15 is 0 Å². The van der Waals surface area contributed by atoms with Gasteiger partial charge in [0.2, 0.25) is 17.8 Å². The molecule has 0 radical (unpaired) electrons. The molecule has 4 amide bonds. The van der Waals surface area contributed by atoms with Gasteiger partial charge in [0.15, 0.2) is 0 Å². The fourth-order valence-corrected chi connectivity index (χ4v) is 7.25. The first kappa shape index (κ1) is 43.2. The van der Waals surface area contributed by atoms with Crippen LogP contribution in [0, 0.1) is 24.8 Å². The second kappa shape index (κ2) is 18.8. The van der Waals surface area contributed by atoms with Gasteiger partial charge < -0.3 is 29.7 Å². The largest absolute Gasteiger partial charge is 0.491 e. The molecule has 1 aliphatic rings. The van der Waals surface area contributed by atoms with Crippen molar-refractivity contribution in [1.82, 2.24) is 49.4 Å². The summed E-state index contributed by atoms with van der Waals surface area (Å²) in [6, 6.07) is 9.69. The molecule has 8 N–H and O–H groups in total. The molecule has 22 heteroatoms. The van der Waals surface area contributed by atoms with Crippen molar-refractivity contribution in [2.24, 2.45) is 11.0 Å². The molecule has 0 aliphatic carbocycles. The van der Waals surface area contributed by atoms with E-state index in [0.717, 1.165) is 0 Å². The van der Waals surface area contributed by atoms with Gasteiger partial charge in [0.25, 0.3) is 17.7 Å². The van der Waals surface area contributed by atoms with Gasteiger partial charge in [-0.2, -0.15) is 15.7 Å². The Morgan fingerprint density at radius 3 is 1.76 bits per heavy atom. The lowest BCUT2D eigenvalue weighted by Gasteiger charge is -2.14. The average Bonchev–Trinajstić information content (AvgIpc) is 4.02. The Labute approximate surface area is 360 Å². The minimum absolute atomic E-state index is 0.0516. The molecular weight excluding hydrogens is 813 g/mol. The number of amides is 4. The molecule has 328 valence electrons.